The van der Waals surface area contributed by atoms with Crippen LogP contribution in [0.5, 0.6) is 0 Å². The second kappa shape index (κ2) is 7.02. The third kappa shape index (κ3) is 4.47. The molecule has 1 aromatic rings. The van der Waals surface area contributed by atoms with Crippen molar-refractivity contribution in [2.24, 2.45) is 5.14 Å². The first kappa shape index (κ1) is 17.3. The molecule has 10 heteroatoms. The quantitative estimate of drug-likeness (QED) is 0.413. The molecular weight excluding hydrogens is 324 g/mol. The molecule has 9 nitrogen and oxygen atoms in total. The van der Waals surface area contributed by atoms with Gasteiger partial charge in [-0.05, 0) is 18.6 Å². The molecule has 1 atom stereocenters. The number of nitro groups is 1. The lowest BCUT2D eigenvalue weighted by Crippen LogP contribution is -2.27. The van der Waals surface area contributed by atoms with Crippen molar-refractivity contribution in [3.05, 3.63) is 28.3 Å². The molecule has 1 aromatic carbocycles. The molecule has 0 radical (unpaired) electrons. The van der Waals surface area contributed by atoms with Gasteiger partial charge in [0.25, 0.3) is 5.69 Å². The van der Waals surface area contributed by atoms with E-state index in [1.807, 2.05) is 0 Å². The Bertz CT molecular complexity index is 706. The standard InChI is InChI=1S/C13H18N4O5S/c14-23(21,22)11-2-3-12(13(8-11)17(19)20)15-10-4-6-16(9-10)5-1-7-18/h2-3,7-8,10,15H,1,4-6,9H2,(H2,14,21,22)/t10-/m1/s1. The molecule has 0 bridgehead atoms. The minimum atomic E-state index is -4.00. The number of nitrogens with zero attached hydrogens (tertiary/aromatic N) is 2. The number of likely N-dealkylation sites (tertiary alicyclic amines) is 1. The van der Waals surface area contributed by atoms with Gasteiger partial charge in [-0.3, -0.25) is 10.1 Å². The zero-order valence-corrected chi connectivity index (χ0v) is 13.2. The Morgan fingerprint density at radius 2 is 2.22 bits per heavy atom. The van der Waals surface area contributed by atoms with Crippen LogP contribution in [-0.2, 0) is 14.8 Å². The van der Waals surface area contributed by atoms with Crippen molar-refractivity contribution in [1.82, 2.24) is 4.90 Å². The van der Waals surface area contributed by atoms with E-state index >= 15 is 0 Å². The van der Waals surface area contributed by atoms with Crippen LogP contribution in [0.15, 0.2) is 23.1 Å². The molecule has 1 saturated heterocycles. The van der Waals surface area contributed by atoms with Crippen molar-refractivity contribution in [1.29, 1.82) is 0 Å². The summed E-state index contributed by atoms with van der Waals surface area (Å²) in [5, 5.41) is 19.2. The van der Waals surface area contributed by atoms with Crippen molar-refractivity contribution in [2.75, 3.05) is 25.0 Å². The Labute approximate surface area is 133 Å². The summed E-state index contributed by atoms with van der Waals surface area (Å²) in [6.07, 6.45) is 2.10. The van der Waals surface area contributed by atoms with Gasteiger partial charge in [0.05, 0.1) is 9.82 Å². The van der Waals surface area contributed by atoms with Crippen LogP contribution in [0.3, 0.4) is 0 Å². The molecular formula is C13H18N4O5S. The summed E-state index contributed by atoms with van der Waals surface area (Å²) in [6.45, 7) is 2.13. The van der Waals surface area contributed by atoms with Crippen molar-refractivity contribution in [2.45, 2.75) is 23.8 Å². The zero-order valence-electron chi connectivity index (χ0n) is 12.3. The van der Waals surface area contributed by atoms with E-state index in [1.165, 1.54) is 12.1 Å². The third-order valence-corrected chi connectivity index (χ3v) is 4.60. The second-order valence-electron chi connectivity index (χ2n) is 5.37. The molecule has 1 fully saturated rings. The van der Waals surface area contributed by atoms with E-state index in [-0.39, 0.29) is 22.3 Å². The van der Waals surface area contributed by atoms with Crippen LogP contribution in [0.1, 0.15) is 12.8 Å². The van der Waals surface area contributed by atoms with Gasteiger partial charge >= 0.3 is 0 Å². The highest BCUT2D eigenvalue weighted by atomic mass is 32.2. The van der Waals surface area contributed by atoms with Gasteiger partial charge in [0.2, 0.25) is 10.0 Å². The van der Waals surface area contributed by atoms with Crippen LogP contribution in [0.4, 0.5) is 11.4 Å². The van der Waals surface area contributed by atoms with E-state index in [4.69, 9.17) is 5.14 Å². The number of carbonyl (C=O) groups is 1. The number of nitrogens with one attached hydrogen (secondary N) is 1. The van der Waals surface area contributed by atoms with Gasteiger partial charge in [0.1, 0.15) is 12.0 Å². The molecule has 1 aliphatic heterocycles. The number of aldehydes is 1. The van der Waals surface area contributed by atoms with Crippen LogP contribution in [-0.4, -0.2) is 50.2 Å². The highest BCUT2D eigenvalue weighted by Gasteiger charge is 2.25. The molecule has 1 aliphatic rings. The van der Waals surface area contributed by atoms with Crippen molar-refractivity contribution < 1.29 is 18.1 Å². The summed E-state index contributed by atoms with van der Waals surface area (Å²) in [7, 11) is -4.00. The molecule has 0 spiro atoms. The SMILES string of the molecule is NS(=O)(=O)c1ccc(N[C@@H]2CCN(CCC=O)C2)c([N+](=O)[O-])c1. The normalized spacial score (nSPS) is 18.7. The summed E-state index contributed by atoms with van der Waals surface area (Å²) in [5.41, 5.74) is -0.0764. The Kier molecular flexibility index (Phi) is 5.29. The lowest BCUT2D eigenvalue weighted by Gasteiger charge is -2.16. The van der Waals surface area contributed by atoms with Gasteiger partial charge in [-0.15, -0.1) is 0 Å². The fraction of sp³-hybridized carbons (Fsp3) is 0.462. The molecule has 0 amide bonds. The molecule has 2 rings (SSSR count). The summed E-state index contributed by atoms with van der Waals surface area (Å²) in [6, 6.07) is 3.55. The van der Waals surface area contributed by atoms with Gasteiger partial charge in [0, 0.05) is 38.2 Å². The first-order valence-electron chi connectivity index (χ1n) is 7.05. The lowest BCUT2D eigenvalue weighted by atomic mass is 10.2. The van der Waals surface area contributed by atoms with E-state index < -0.39 is 14.9 Å². The maximum absolute atomic E-state index is 11.3. The van der Waals surface area contributed by atoms with Crippen LogP contribution in [0, 0.1) is 10.1 Å². The minimum Gasteiger partial charge on any atom is -0.375 e. The Balaban J connectivity index is 2.14. The monoisotopic (exact) mass is 342 g/mol. The first-order chi connectivity index (χ1) is 10.8. The molecule has 0 unspecified atom stereocenters. The third-order valence-electron chi connectivity index (χ3n) is 3.69. The number of anilines is 1. The number of primary sulfonamides is 1. The topological polar surface area (TPSA) is 136 Å². The summed E-state index contributed by atoms with van der Waals surface area (Å²) < 4.78 is 22.6. The predicted molar refractivity (Wildman–Crippen MR) is 83.6 cm³/mol. The number of rotatable bonds is 7. The smallest absolute Gasteiger partial charge is 0.293 e. The number of nitro benzene ring substituents is 1. The largest absolute Gasteiger partial charge is 0.375 e. The predicted octanol–water partition coefficient (Wildman–Crippen LogP) is 0.317. The van der Waals surface area contributed by atoms with Crippen molar-refractivity contribution >= 4 is 27.7 Å². The van der Waals surface area contributed by atoms with E-state index in [9.17, 15) is 23.3 Å². The Morgan fingerprint density at radius 3 is 2.83 bits per heavy atom. The van der Waals surface area contributed by atoms with E-state index in [1.54, 1.807) is 0 Å². The Morgan fingerprint density at radius 1 is 1.48 bits per heavy atom. The maximum atomic E-state index is 11.3. The number of hydrogen-bond acceptors (Lipinski definition) is 7. The highest BCUT2D eigenvalue weighted by molar-refractivity contribution is 7.89. The van der Waals surface area contributed by atoms with Gasteiger partial charge < -0.3 is 15.0 Å². The fourth-order valence-corrected chi connectivity index (χ4v) is 3.10. The van der Waals surface area contributed by atoms with Gasteiger partial charge in [-0.25, -0.2) is 13.6 Å². The molecule has 0 saturated carbocycles. The first-order valence-corrected chi connectivity index (χ1v) is 8.59. The number of sulfonamides is 1. The second-order valence-corrected chi connectivity index (χ2v) is 6.93. The van der Waals surface area contributed by atoms with Crippen LogP contribution in [0.2, 0.25) is 0 Å². The van der Waals surface area contributed by atoms with Gasteiger partial charge in [0.15, 0.2) is 0 Å². The maximum Gasteiger partial charge on any atom is 0.293 e. The zero-order chi connectivity index (χ0) is 17.0. The van der Waals surface area contributed by atoms with E-state index in [2.05, 4.69) is 10.2 Å². The molecule has 3 N–H and O–H groups in total. The van der Waals surface area contributed by atoms with Crippen LogP contribution in [0.25, 0.3) is 0 Å². The van der Waals surface area contributed by atoms with Crippen molar-refractivity contribution in [3.8, 4) is 0 Å². The molecule has 0 aromatic heterocycles. The van der Waals surface area contributed by atoms with Gasteiger partial charge in [-0.2, -0.15) is 0 Å². The summed E-state index contributed by atoms with van der Waals surface area (Å²) in [4.78, 5) is 22.7. The molecule has 1 heterocycles. The highest BCUT2D eigenvalue weighted by Crippen LogP contribution is 2.29. The number of benzene rings is 1. The van der Waals surface area contributed by atoms with E-state index in [0.717, 1.165) is 25.3 Å². The van der Waals surface area contributed by atoms with Gasteiger partial charge in [-0.1, -0.05) is 0 Å². The average molecular weight is 342 g/mol. The van der Waals surface area contributed by atoms with Crippen molar-refractivity contribution in [3.63, 3.8) is 0 Å². The van der Waals surface area contributed by atoms with Crippen LogP contribution < -0.4 is 10.5 Å². The average Bonchev–Trinajstić information content (AvgIpc) is 2.91. The van der Waals surface area contributed by atoms with Crippen LogP contribution >= 0.6 is 0 Å². The summed E-state index contributed by atoms with van der Waals surface area (Å²) in [5.74, 6) is 0. The van der Waals surface area contributed by atoms with E-state index in [0.29, 0.717) is 19.5 Å². The number of carbonyl (C=O) groups excluding carboxylic acids is 1. The molecule has 126 valence electrons. The fourth-order valence-electron chi connectivity index (χ4n) is 2.57. The Hall–Kier alpha value is -2.04. The minimum absolute atomic E-state index is 0.000635. The molecule has 23 heavy (non-hydrogen) atoms. The number of hydrogen-bond donors (Lipinski definition) is 2. The summed E-state index contributed by atoms with van der Waals surface area (Å²) >= 11 is 0. The number of nitrogens with two attached hydrogens (primary N) is 1. The molecule has 0 aliphatic carbocycles. The lowest BCUT2D eigenvalue weighted by molar-refractivity contribution is -0.384.